The molecular weight excluding hydrogens is 324 g/mol. The zero-order valence-corrected chi connectivity index (χ0v) is 13.4. The topological polar surface area (TPSA) is 83.1 Å². The maximum atomic E-state index is 11.9. The third-order valence-electron chi connectivity index (χ3n) is 2.74. The first-order valence-electron chi connectivity index (χ1n) is 6.55. The van der Waals surface area contributed by atoms with Gasteiger partial charge in [0.05, 0.1) is 5.69 Å². The molecule has 116 valence electrons. The summed E-state index contributed by atoms with van der Waals surface area (Å²) in [6.45, 7) is 0. The van der Waals surface area contributed by atoms with Crippen LogP contribution in [0.4, 0.5) is 15.6 Å². The lowest BCUT2D eigenvalue weighted by Crippen LogP contribution is -2.19. The Labute approximate surface area is 136 Å². The van der Waals surface area contributed by atoms with Crippen LogP contribution in [-0.2, 0) is 11.2 Å². The van der Waals surface area contributed by atoms with Crippen molar-refractivity contribution in [1.29, 1.82) is 0 Å². The first kappa shape index (κ1) is 16.3. The van der Waals surface area contributed by atoms with Crippen LogP contribution < -0.4 is 16.0 Å². The molecule has 8 heteroatoms. The molecule has 3 amide bonds. The van der Waals surface area contributed by atoms with Crippen LogP contribution in [0.5, 0.6) is 0 Å². The number of aromatic nitrogens is 1. The first-order valence-corrected chi connectivity index (χ1v) is 7.81. The SMILES string of the molecule is CNC(=O)CCc1csc(NC(=O)Nc2cccc(Cl)c2)n1. The molecule has 0 bridgehead atoms. The Kier molecular flexibility index (Phi) is 5.74. The number of aryl methyl sites for hydroxylation is 1. The highest BCUT2D eigenvalue weighted by atomic mass is 35.5. The largest absolute Gasteiger partial charge is 0.359 e. The second kappa shape index (κ2) is 7.77. The number of amides is 3. The molecule has 0 aliphatic heterocycles. The zero-order valence-electron chi connectivity index (χ0n) is 11.9. The van der Waals surface area contributed by atoms with Crippen molar-refractivity contribution in [2.45, 2.75) is 12.8 Å². The monoisotopic (exact) mass is 338 g/mol. The van der Waals surface area contributed by atoms with Crippen LogP contribution in [0.25, 0.3) is 0 Å². The van der Waals surface area contributed by atoms with Gasteiger partial charge in [-0.25, -0.2) is 9.78 Å². The molecule has 0 spiro atoms. The molecule has 0 aliphatic carbocycles. The fourth-order valence-corrected chi connectivity index (χ4v) is 2.60. The van der Waals surface area contributed by atoms with E-state index in [9.17, 15) is 9.59 Å². The number of hydrogen-bond donors (Lipinski definition) is 3. The second-order valence-electron chi connectivity index (χ2n) is 4.41. The Morgan fingerprint density at radius 2 is 2.14 bits per heavy atom. The van der Waals surface area contributed by atoms with Gasteiger partial charge in [-0.2, -0.15) is 0 Å². The van der Waals surface area contributed by atoms with Gasteiger partial charge in [0.15, 0.2) is 5.13 Å². The summed E-state index contributed by atoms with van der Waals surface area (Å²) in [7, 11) is 1.59. The van der Waals surface area contributed by atoms with E-state index in [1.54, 1.807) is 31.3 Å². The van der Waals surface area contributed by atoms with Crippen molar-refractivity contribution < 1.29 is 9.59 Å². The summed E-state index contributed by atoms with van der Waals surface area (Å²) in [5, 5.41) is 10.7. The average Bonchev–Trinajstić information content (AvgIpc) is 2.92. The zero-order chi connectivity index (χ0) is 15.9. The summed E-state index contributed by atoms with van der Waals surface area (Å²) in [5.74, 6) is -0.0405. The van der Waals surface area contributed by atoms with Crippen LogP contribution >= 0.6 is 22.9 Å². The highest BCUT2D eigenvalue weighted by molar-refractivity contribution is 7.13. The van der Waals surface area contributed by atoms with E-state index in [2.05, 4.69) is 20.9 Å². The van der Waals surface area contributed by atoms with E-state index in [0.29, 0.717) is 28.7 Å². The van der Waals surface area contributed by atoms with Gasteiger partial charge in [-0.05, 0) is 24.6 Å². The highest BCUT2D eigenvalue weighted by Gasteiger charge is 2.08. The predicted octanol–water partition coefficient (Wildman–Crippen LogP) is 3.12. The lowest BCUT2D eigenvalue weighted by Gasteiger charge is -2.05. The minimum Gasteiger partial charge on any atom is -0.359 e. The Morgan fingerprint density at radius 3 is 2.86 bits per heavy atom. The van der Waals surface area contributed by atoms with Gasteiger partial charge in [0, 0.05) is 29.6 Å². The van der Waals surface area contributed by atoms with Gasteiger partial charge < -0.3 is 10.6 Å². The van der Waals surface area contributed by atoms with E-state index in [1.807, 2.05) is 5.38 Å². The third kappa shape index (κ3) is 5.01. The molecule has 0 radical (unpaired) electrons. The summed E-state index contributed by atoms with van der Waals surface area (Å²) in [6.07, 6.45) is 0.905. The second-order valence-corrected chi connectivity index (χ2v) is 5.70. The van der Waals surface area contributed by atoms with E-state index in [4.69, 9.17) is 11.6 Å². The van der Waals surface area contributed by atoms with Crippen LogP contribution in [0.3, 0.4) is 0 Å². The van der Waals surface area contributed by atoms with Crippen molar-refractivity contribution in [2.24, 2.45) is 0 Å². The molecule has 3 N–H and O–H groups in total. The van der Waals surface area contributed by atoms with E-state index in [-0.39, 0.29) is 5.91 Å². The number of thiazole rings is 1. The molecule has 2 rings (SSSR count). The Balaban J connectivity index is 1.87. The molecule has 0 saturated heterocycles. The molecule has 0 atom stereocenters. The van der Waals surface area contributed by atoms with Crippen LogP contribution in [0.15, 0.2) is 29.6 Å². The number of anilines is 2. The van der Waals surface area contributed by atoms with E-state index >= 15 is 0 Å². The molecule has 0 aliphatic rings. The quantitative estimate of drug-likeness (QED) is 0.783. The average molecular weight is 339 g/mol. The standard InChI is InChI=1S/C14H15ClN4O2S/c1-16-12(20)6-5-11-8-22-14(18-11)19-13(21)17-10-4-2-3-9(15)7-10/h2-4,7-8H,5-6H2,1H3,(H,16,20)(H2,17,18,19,21). The fourth-order valence-electron chi connectivity index (χ4n) is 1.67. The van der Waals surface area contributed by atoms with Gasteiger partial charge in [-0.3, -0.25) is 10.1 Å². The summed E-state index contributed by atoms with van der Waals surface area (Å²) >= 11 is 7.16. The summed E-state index contributed by atoms with van der Waals surface area (Å²) in [4.78, 5) is 27.3. The van der Waals surface area contributed by atoms with Crippen molar-refractivity contribution in [1.82, 2.24) is 10.3 Å². The summed E-state index contributed by atoms with van der Waals surface area (Å²) in [6, 6.07) is 6.47. The molecule has 0 saturated carbocycles. The van der Waals surface area contributed by atoms with E-state index in [1.165, 1.54) is 11.3 Å². The molecule has 22 heavy (non-hydrogen) atoms. The highest BCUT2D eigenvalue weighted by Crippen LogP contribution is 2.18. The number of halogens is 1. The number of carbonyl (C=O) groups is 2. The van der Waals surface area contributed by atoms with Crippen molar-refractivity contribution in [3.05, 3.63) is 40.4 Å². The Morgan fingerprint density at radius 1 is 1.32 bits per heavy atom. The number of benzene rings is 1. The number of carbonyl (C=O) groups excluding carboxylic acids is 2. The first-order chi connectivity index (χ1) is 10.6. The minimum atomic E-state index is -0.394. The van der Waals surface area contributed by atoms with Crippen molar-refractivity contribution >= 4 is 45.7 Å². The molecule has 1 aromatic carbocycles. The Hall–Kier alpha value is -2.12. The number of hydrogen-bond acceptors (Lipinski definition) is 4. The molecule has 2 aromatic rings. The number of nitrogens with one attached hydrogen (secondary N) is 3. The predicted molar refractivity (Wildman–Crippen MR) is 88.6 cm³/mol. The van der Waals surface area contributed by atoms with Gasteiger partial charge in [0.25, 0.3) is 0 Å². The molecule has 0 unspecified atom stereocenters. The van der Waals surface area contributed by atoms with Gasteiger partial charge >= 0.3 is 6.03 Å². The number of urea groups is 1. The molecule has 1 aromatic heterocycles. The van der Waals surface area contributed by atoms with Crippen LogP contribution in [0, 0.1) is 0 Å². The number of nitrogens with zero attached hydrogens (tertiary/aromatic N) is 1. The van der Waals surface area contributed by atoms with E-state index < -0.39 is 6.03 Å². The maximum Gasteiger partial charge on any atom is 0.325 e. The normalized spacial score (nSPS) is 10.1. The Bertz CT molecular complexity index is 674. The van der Waals surface area contributed by atoms with Crippen LogP contribution in [0.2, 0.25) is 5.02 Å². The fraction of sp³-hybridized carbons (Fsp3) is 0.214. The van der Waals surface area contributed by atoms with Crippen LogP contribution in [0.1, 0.15) is 12.1 Å². The summed E-state index contributed by atoms with van der Waals surface area (Å²) < 4.78 is 0. The van der Waals surface area contributed by atoms with Crippen molar-refractivity contribution in [3.8, 4) is 0 Å². The van der Waals surface area contributed by atoms with Crippen molar-refractivity contribution in [3.63, 3.8) is 0 Å². The van der Waals surface area contributed by atoms with Gasteiger partial charge in [-0.1, -0.05) is 17.7 Å². The van der Waals surface area contributed by atoms with Gasteiger partial charge in [-0.15, -0.1) is 11.3 Å². The lowest BCUT2D eigenvalue weighted by molar-refractivity contribution is -0.120. The van der Waals surface area contributed by atoms with Gasteiger partial charge in [0.1, 0.15) is 0 Å². The number of rotatable bonds is 5. The van der Waals surface area contributed by atoms with E-state index in [0.717, 1.165) is 5.69 Å². The molecule has 1 heterocycles. The lowest BCUT2D eigenvalue weighted by atomic mass is 10.2. The maximum absolute atomic E-state index is 11.9. The van der Waals surface area contributed by atoms with Crippen molar-refractivity contribution in [2.75, 3.05) is 17.7 Å². The molecular formula is C14H15ClN4O2S. The van der Waals surface area contributed by atoms with Crippen LogP contribution in [-0.4, -0.2) is 24.0 Å². The molecule has 0 fully saturated rings. The van der Waals surface area contributed by atoms with Gasteiger partial charge in [0.2, 0.25) is 5.91 Å². The smallest absolute Gasteiger partial charge is 0.325 e. The summed E-state index contributed by atoms with van der Waals surface area (Å²) in [5.41, 5.74) is 1.37. The molecule has 6 nitrogen and oxygen atoms in total. The third-order valence-corrected chi connectivity index (χ3v) is 3.78. The minimum absolute atomic E-state index is 0.0405.